The molecule has 1 aromatic carbocycles. The van der Waals surface area contributed by atoms with Crippen molar-refractivity contribution in [2.75, 3.05) is 6.61 Å². The SMILES string of the molecule is CCOC1(C(N)CCc2ccccc2)CCC(C)CC1. The van der Waals surface area contributed by atoms with E-state index < -0.39 is 0 Å². The number of benzene rings is 1. The first kappa shape index (κ1) is 15.5. The van der Waals surface area contributed by atoms with Crippen LogP contribution in [0.3, 0.4) is 0 Å². The molecule has 20 heavy (non-hydrogen) atoms. The molecule has 0 radical (unpaired) electrons. The van der Waals surface area contributed by atoms with Crippen LogP contribution in [-0.2, 0) is 11.2 Å². The van der Waals surface area contributed by atoms with E-state index >= 15 is 0 Å². The van der Waals surface area contributed by atoms with E-state index in [-0.39, 0.29) is 11.6 Å². The van der Waals surface area contributed by atoms with Gasteiger partial charge in [-0.1, -0.05) is 37.3 Å². The first-order valence-electron chi connectivity index (χ1n) is 8.10. The molecule has 2 N–H and O–H groups in total. The zero-order chi connectivity index (χ0) is 14.4. The summed E-state index contributed by atoms with van der Waals surface area (Å²) in [6.45, 7) is 5.20. The van der Waals surface area contributed by atoms with Crippen LogP contribution in [0.1, 0.15) is 51.5 Å². The van der Waals surface area contributed by atoms with E-state index in [4.69, 9.17) is 10.5 Å². The van der Waals surface area contributed by atoms with E-state index in [1.54, 1.807) is 0 Å². The quantitative estimate of drug-likeness (QED) is 0.853. The number of hydrogen-bond donors (Lipinski definition) is 1. The Bertz CT molecular complexity index is 382. The predicted octanol–water partition coefficient (Wildman–Crippen LogP) is 3.93. The highest BCUT2D eigenvalue weighted by Gasteiger charge is 2.39. The van der Waals surface area contributed by atoms with Crippen LogP contribution < -0.4 is 5.73 Å². The van der Waals surface area contributed by atoms with Gasteiger partial charge in [-0.2, -0.15) is 0 Å². The summed E-state index contributed by atoms with van der Waals surface area (Å²) < 4.78 is 6.14. The first-order valence-corrected chi connectivity index (χ1v) is 8.10. The Morgan fingerprint density at radius 3 is 2.50 bits per heavy atom. The zero-order valence-corrected chi connectivity index (χ0v) is 13.0. The summed E-state index contributed by atoms with van der Waals surface area (Å²) >= 11 is 0. The van der Waals surface area contributed by atoms with Crippen molar-refractivity contribution in [3.8, 4) is 0 Å². The average molecular weight is 275 g/mol. The van der Waals surface area contributed by atoms with E-state index in [1.165, 1.54) is 18.4 Å². The molecule has 0 aromatic heterocycles. The second-order valence-corrected chi connectivity index (χ2v) is 6.31. The third-order valence-electron chi connectivity index (χ3n) is 4.82. The van der Waals surface area contributed by atoms with Crippen LogP contribution in [-0.4, -0.2) is 18.2 Å². The Morgan fingerprint density at radius 2 is 1.90 bits per heavy atom. The molecule has 0 saturated heterocycles. The fraction of sp³-hybridized carbons (Fsp3) is 0.667. The van der Waals surface area contributed by atoms with Crippen molar-refractivity contribution in [1.29, 1.82) is 0 Å². The maximum absolute atomic E-state index is 6.54. The minimum Gasteiger partial charge on any atom is -0.374 e. The lowest BCUT2D eigenvalue weighted by molar-refractivity contribution is -0.0898. The van der Waals surface area contributed by atoms with Crippen molar-refractivity contribution < 1.29 is 4.74 Å². The summed E-state index contributed by atoms with van der Waals surface area (Å²) in [5.74, 6) is 0.824. The summed E-state index contributed by atoms with van der Waals surface area (Å²) in [6.07, 6.45) is 6.80. The Labute approximate surface area is 123 Å². The van der Waals surface area contributed by atoms with Crippen LogP contribution in [0.4, 0.5) is 0 Å². The van der Waals surface area contributed by atoms with Crippen molar-refractivity contribution >= 4 is 0 Å². The minimum absolute atomic E-state index is 0.0734. The maximum atomic E-state index is 6.54. The number of rotatable bonds is 6. The van der Waals surface area contributed by atoms with Crippen LogP contribution in [0.5, 0.6) is 0 Å². The fourth-order valence-corrected chi connectivity index (χ4v) is 3.39. The first-order chi connectivity index (χ1) is 9.66. The van der Waals surface area contributed by atoms with Crippen LogP contribution in [0.2, 0.25) is 0 Å². The molecule has 2 heteroatoms. The van der Waals surface area contributed by atoms with E-state index in [1.807, 2.05) is 0 Å². The molecule has 0 amide bonds. The number of nitrogens with two attached hydrogens (primary N) is 1. The van der Waals surface area contributed by atoms with Gasteiger partial charge in [0.25, 0.3) is 0 Å². The lowest BCUT2D eigenvalue weighted by Crippen LogP contribution is -2.52. The average Bonchev–Trinajstić information content (AvgIpc) is 2.48. The van der Waals surface area contributed by atoms with Gasteiger partial charge in [-0.05, 0) is 56.9 Å². The molecule has 2 nitrogen and oxygen atoms in total. The minimum atomic E-state index is -0.0734. The molecule has 0 bridgehead atoms. The van der Waals surface area contributed by atoms with Gasteiger partial charge in [-0.25, -0.2) is 0 Å². The topological polar surface area (TPSA) is 35.2 Å². The van der Waals surface area contributed by atoms with Gasteiger partial charge in [-0.3, -0.25) is 0 Å². The monoisotopic (exact) mass is 275 g/mol. The zero-order valence-electron chi connectivity index (χ0n) is 13.0. The molecule has 2 rings (SSSR count). The second-order valence-electron chi connectivity index (χ2n) is 6.31. The van der Waals surface area contributed by atoms with Crippen molar-refractivity contribution in [3.05, 3.63) is 35.9 Å². The van der Waals surface area contributed by atoms with Crippen molar-refractivity contribution in [1.82, 2.24) is 0 Å². The highest BCUT2D eigenvalue weighted by atomic mass is 16.5. The van der Waals surface area contributed by atoms with Gasteiger partial charge in [0.05, 0.1) is 5.60 Å². The van der Waals surface area contributed by atoms with E-state index in [0.29, 0.717) is 0 Å². The van der Waals surface area contributed by atoms with E-state index in [9.17, 15) is 0 Å². The van der Waals surface area contributed by atoms with E-state index in [2.05, 4.69) is 44.2 Å². The van der Waals surface area contributed by atoms with Crippen LogP contribution in [0, 0.1) is 5.92 Å². The van der Waals surface area contributed by atoms with Crippen LogP contribution >= 0.6 is 0 Å². The normalized spacial score (nSPS) is 28.2. The molecule has 1 aromatic rings. The fourth-order valence-electron chi connectivity index (χ4n) is 3.39. The predicted molar refractivity (Wildman–Crippen MR) is 84.7 cm³/mol. The Balaban J connectivity index is 1.95. The molecular weight excluding hydrogens is 246 g/mol. The Hall–Kier alpha value is -0.860. The summed E-state index contributed by atoms with van der Waals surface area (Å²) in [7, 11) is 0. The third kappa shape index (κ3) is 3.83. The van der Waals surface area contributed by atoms with Crippen LogP contribution in [0.25, 0.3) is 0 Å². The van der Waals surface area contributed by atoms with Gasteiger partial charge in [0.15, 0.2) is 0 Å². The molecule has 1 aliphatic rings. The number of hydrogen-bond acceptors (Lipinski definition) is 2. The molecule has 0 aliphatic heterocycles. The number of aryl methyl sites for hydroxylation is 1. The van der Waals surface area contributed by atoms with Crippen LogP contribution in [0.15, 0.2) is 30.3 Å². The van der Waals surface area contributed by atoms with Gasteiger partial charge in [0, 0.05) is 12.6 Å². The molecule has 1 saturated carbocycles. The lowest BCUT2D eigenvalue weighted by atomic mass is 9.74. The maximum Gasteiger partial charge on any atom is 0.0832 e. The van der Waals surface area contributed by atoms with Crippen molar-refractivity contribution in [2.24, 2.45) is 11.7 Å². The summed E-state index contributed by atoms with van der Waals surface area (Å²) in [5.41, 5.74) is 7.84. The number of ether oxygens (including phenoxy) is 1. The largest absolute Gasteiger partial charge is 0.374 e. The Kier molecular flexibility index (Phi) is 5.62. The molecule has 1 fully saturated rings. The Morgan fingerprint density at radius 1 is 1.25 bits per heavy atom. The van der Waals surface area contributed by atoms with E-state index in [0.717, 1.165) is 38.2 Å². The molecule has 1 aliphatic carbocycles. The molecule has 0 spiro atoms. The van der Waals surface area contributed by atoms with Gasteiger partial charge >= 0.3 is 0 Å². The van der Waals surface area contributed by atoms with Gasteiger partial charge in [0.1, 0.15) is 0 Å². The van der Waals surface area contributed by atoms with Crippen molar-refractivity contribution in [2.45, 2.75) is 64.0 Å². The second kappa shape index (κ2) is 7.24. The van der Waals surface area contributed by atoms with Gasteiger partial charge < -0.3 is 10.5 Å². The van der Waals surface area contributed by atoms with Gasteiger partial charge in [0.2, 0.25) is 0 Å². The lowest BCUT2D eigenvalue weighted by Gasteiger charge is -2.43. The van der Waals surface area contributed by atoms with Crippen molar-refractivity contribution in [3.63, 3.8) is 0 Å². The smallest absolute Gasteiger partial charge is 0.0832 e. The standard InChI is InChI=1S/C18H29NO/c1-3-20-18(13-11-15(2)12-14-18)17(19)10-9-16-7-5-4-6-8-16/h4-8,15,17H,3,9-14,19H2,1-2H3. The molecule has 1 unspecified atom stereocenters. The molecular formula is C18H29NO. The molecule has 0 heterocycles. The molecule has 1 atom stereocenters. The summed E-state index contributed by atoms with van der Waals surface area (Å²) in [5, 5.41) is 0. The summed E-state index contributed by atoms with van der Waals surface area (Å²) in [4.78, 5) is 0. The third-order valence-corrected chi connectivity index (χ3v) is 4.82. The molecule has 112 valence electrons. The van der Waals surface area contributed by atoms with Gasteiger partial charge in [-0.15, -0.1) is 0 Å². The highest BCUT2D eigenvalue weighted by Crippen LogP contribution is 2.37. The highest BCUT2D eigenvalue weighted by molar-refractivity contribution is 5.15. The summed E-state index contributed by atoms with van der Waals surface area (Å²) in [6, 6.07) is 10.8.